The van der Waals surface area contributed by atoms with Crippen LogP contribution in [0.1, 0.15) is 17.3 Å². The summed E-state index contributed by atoms with van der Waals surface area (Å²) in [5.41, 5.74) is -0.0437. The molecule has 0 radical (unpaired) electrons. The Morgan fingerprint density at radius 2 is 2.05 bits per heavy atom. The predicted octanol–water partition coefficient (Wildman–Crippen LogP) is 1.65. The van der Waals surface area contributed by atoms with Gasteiger partial charge in [0.1, 0.15) is 4.90 Å². The summed E-state index contributed by atoms with van der Waals surface area (Å²) in [6.45, 7) is 2.71. The second kappa shape index (κ2) is 7.42. The highest BCUT2D eigenvalue weighted by Crippen LogP contribution is 2.28. The van der Waals surface area contributed by atoms with Gasteiger partial charge in [0, 0.05) is 18.7 Å². The summed E-state index contributed by atoms with van der Waals surface area (Å²) in [6, 6.07) is 2.39. The van der Waals surface area contributed by atoms with Crippen molar-refractivity contribution in [2.24, 2.45) is 11.1 Å². The maximum absolute atomic E-state index is 12.1. The first-order valence-corrected chi connectivity index (χ1v) is 8.26. The number of primary sulfonamides is 1. The number of carbonyl (C=O) groups excluding carboxylic acids is 1. The zero-order valence-corrected chi connectivity index (χ0v) is 13.8. The van der Waals surface area contributed by atoms with E-state index in [4.69, 9.17) is 33.1 Å². The molecule has 0 aliphatic rings. The number of methoxy groups -OCH3 is 1. The molecule has 1 aromatic rings. The van der Waals surface area contributed by atoms with Crippen molar-refractivity contribution in [2.75, 3.05) is 20.3 Å². The Hall–Kier alpha value is -0.860. The van der Waals surface area contributed by atoms with Crippen molar-refractivity contribution in [3.05, 3.63) is 27.7 Å². The van der Waals surface area contributed by atoms with E-state index in [1.54, 1.807) is 7.11 Å². The van der Waals surface area contributed by atoms with Crippen LogP contribution in [0.5, 0.6) is 0 Å². The highest BCUT2D eigenvalue weighted by atomic mass is 35.5. The molecule has 0 aromatic heterocycles. The minimum Gasteiger partial charge on any atom is -0.384 e. The quantitative estimate of drug-likeness (QED) is 0.811. The Kier molecular flexibility index (Phi) is 6.42. The minimum atomic E-state index is -4.07. The molecule has 1 aromatic carbocycles. The number of sulfonamides is 1. The van der Waals surface area contributed by atoms with E-state index in [1.165, 1.54) is 6.07 Å². The molecule has 0 heterocycles. The lowest BCUT2D eigenvalue weighted by molar-refractivity contribution is 0.0934. The van der Waals surface area contributed by atoms with Crippen molar-refractivity contribution in [3.8, 4) is 0 Å². The van der Waals surface area contributed by atoms with Crippen LogP contribution in [0.15, 0.2) is 17.0 Å². The molecule has 1 rings (SSSR count). The summed E-state index contributed by atoms with van der Waals surface area (Å²) >= 11 is 11.7. The summed E-state index contributed by atoms with van der Waals surface area (Å²) in [7, 11) is -2.51. The van der Waals surface area contributed by atoms with Crippen LogP contribution in [0.25, 0.3) is 0 Å². The third-order valence-corrected chi connectivity index (χ3v) is 4.29. The minimum absolute atomic E-state index is 0.0437. The summed E-state index contributed by atoms with van der Waals surface area (Å²) in [4.78, 5) is 11.7. The maximum Gasteiger partial charge on any atom is 0.252 e. The summed E-state index contributed by atoms with van der Waals surface area (Å²) in [6.07, 6.45) is 0. The molecule has 0 aliphatic carbocycles. The highest BCUT2D eigenvalue weighted by molar-refractivity contribution is 7.89. The number of ether oxygens (including phenoxy) is 1. The number of benzene rings is 1. The molecule has 0 fully saturated rings. The van der Waals surface area contributed by atoms with Gasteiger partial charge in [0.05, 0.1) is 17.2 Å². The second-order valence-corrected chi connectivity index (χ2v) is 6.93. The van der Waals surface area contributed by atoms with Crippen LogP contribution in [-0.2, 0) is 14.8 Å². The van der Waals surface area contributed by atoms with Gasteiger partial charge in [-0.05, 0) is 18.1 Å². The van der Waals surface area contributed by atoms with E-state index in [-0.39, 0.29) is 26.4 Å². The normalized spacial score (nSPS) is 13.0. The molecular formula is C12H16Cl2N2O4S. The van der Waals surface area contributed by atoms with E-state index < -0.39 is 15.9 Å². The van der Waals surface area contributed by atoms with Crippen LogP contribution in [0.3, 0.4) is 0 Å². The van der Waals surface area contributed by atoms with Crippen LogP contribution in [0.4, 0.5) is 0 Å². The fourth-order valence-corrected chi connectivity index (χ4v) is 3.09. The van der Waals surface area contributed by atoms with Crippen molar-refractivity contribution >= 4 is 39.1 Å². The van der Waals surface area contributed by atoms with Gasteiger partial charge in [0.2, 0.25) is 10.0 Å². The van der Waals surface area contributed by atoms with Crippen molar-refractivity contribution < 1.29 is 17.9 Å². The predicted molar refractivity (Wildman–Crippen MR) is 81.2 cm³/mol. The van der Waals surface area contributed by atoms with Gasteiger partial charge in [-0.15, -0.1) is 0 Å². The first-order chi connectivity index (χ1) is 9.66. The number of nitrogens with one attached hydrogen (secondary N) is 1. The Bertz CT molecular complexity index is 634. The van der Waals surface area contributed by atoms with Crippen LogP contribution in [-0.4, -0.2) is 34.6 Å². The number of hydrogen-bond donors (Lipinski definition) is 2. The summed E-state index contributed by atoms with van der Waals surface area (Å²) in [5, 5.41) is 7.47. The summed E-state index contributed by atoms with van der Waals surface area (Å²) in [5.74, 6) is -0.440. The standard InChI is InChI=1S/C12H16Cl2N2O4S/c1-7(6-20-2)5-16-12(17)9-3-8(13)4-10(11(9)14)21(15,18)19/h3-4,7H,5-6H2,1-2H3,(H,16,17)(H2,15,18,19). The number of halogens is 2. The third kappa shape index (κ3) is 5.12. The average Bonchev–Trinajstić information content (AvgIpc) is 2.37. The number of nitrogens with two attached hydrogens (primary N) is 1. The molecule has 0 bridgehead atoms. The average molecular weight is 355 g/mol. The Morgan fingerprint density at radius 1 is 1.43 bits per heavy atom. The van der Waals surface area contributed by atoms with E-state index in [2.05, 4.69) is 5.32 Å². The van der Waals surface area contributed by atoms with Gasteiger partial charge in [0.15, 0.2) is 0 Å². The second-order valence-electron chi connectivity index (χ2n) is 4.58. The molecule has 0 aliphatic heterocycles. The fourth-order valence-electron chi connectivity index (χ4n) is 1.64. The van der Waals surface area contributed by atoms with Crippen LogP contribution in [0, 0.1) is 5.92 Å². The smallest absolute Gasteiger partial charge is 0.252 e. The lowest BCUT2D eigenvalue weighted by Gasteiger charge is -2.13. The first kappa shape index (κ1) is 18.2. The van der Waals surface area contributed by atoms with Gasteiger partial charge in [-0.1, -0.05) is 30.1 Å². The van der Waals surface area contributed by atoms with Gasteiger partial charge < -0.3 is 10.1 Å². The maximum atomic E-state index is 12.1. The van der Waals surface area contributed by atoms with Crippen LogP contribution in [0.2, 0.25) is 10.0 Å². The molecule has 118 valence electrons. The van der Waals surface area contributed by atoms with Gasteiger partial charge in [-0.25, -0.2) is 13.6 Å². The van der Waals surface area contributed by atoms with E-state index in [0.717, 1.165) is 6.07 Å². The lowest BCUT2D eigenvalue weighted by Crippen LogP contribution is -2.30. The zero-order valence-electron chi connectivity index (χ0n) is 11.5. The van der Waals surface area contributed by atoms with Crippen molar-refractivity contribution in [3.63, 3.8) is 0 Å². The van der Waals surface area contributed by atoms with Gasteiger partial charge in [0.25, 0.3) is 5.91 Å². The van der Waals surface area contributed by atoms with Crippen LogP contribution >= 0.6 is 23.2 Å². The largest absolute Gasteiger partial charge is 0.384 e. The van der Waals surface area contributed by atoms with Crippen molar-refractivity contribution in [1.29, 1.82) is 0 Å². The molecule has 1 unspecified atom stereocenters. The van der Waals surface area contributed by atoms with Gasteiger partial charge in [-0.2, -0.15) is 0 Å². The Morgan fingerprint density at radius 3 is 2.57 bits per heavy atom. The lowest BCUT2D eigenvalue weighted by atomic mass is 10.1. The number of rotatable bonds is 6. The molecule has 9 heteroatoms. The number of amides is 1. The SMILES string of the molecule is COCC(C)CNC(=O)c1cc(Cl)cc(S(N)(=O)=O)c1Cl. The van der Waals surface area contributed by atoms with E-state index in [9.17, 15) is 13.2 Å². The molecule has 0 saturated carbocycles. The molecule has 1 atom stereocenters. The number of hydrogen-bond acceptors (Lipinski definition) is 4. The molecule has 1 amide bonds. The van der Waals surface area contributed by atoms with Crippen molar-refractivity contribution in [1.82, 2.24) is 5.32 Å². The Balaban J connectivity index is 3.03. The molecule has 21 heavy (non-hydrogen) atoms. The van der Waals surface area contributed by atoms with Crippen molar-refractivity contribution in [2.45, 2.75) is 11.8 Å². The van der Waals surface area contributed by atoms with E-state index >= 15 is 0 Å². The number of carbonyl (C=O) groups is 1. The first-order valence-electron chi connectivity index (χ1n) is 5.95. The van der Waals surface area contributed by atoms with Crippen LogP contribution < -0.4 is 10.5 Å². The topological polar surface area (TPSA) is 98.5 Å². The molecule has 6 nitrogen and oxygen atoms in total. The summed E-state index contributed by atoms with van der Waals surface area (Å²) < 4.78 is 27.8. The monoisotopic (exact) mass is 354 g/mol. The highest BCUT2D eigenvalue weighted by Gasteiger charge is 2.21. The molecule has 3 N–H and O–H groups in total. The van der Waals surface area contributed by atoms with Gasteiger partial charge >= 0.3 is 0 Å². The van der Waals surface area contributed by atoms with E-state index in [0.29, 0.717) is 13.2 Å². The van der Waals surface area contributed by atoms with E-state index in [1.807, 2.05) is 6.92 Å². The fraction of sp³-hybridized carbons (Fsp3) is 0.417. The molecular weight excluding hydrogens is 339 g/mol. The molecule has 0 saturated heterocycles. The Labute approximate surface area is 133 Å². The van der Waals surface area contributed by atoms with Gasteiger partial charge in [-0.3, -0.25) is 4.79 Å². The molecule has 0 spiro atoms. The third-order valence-electron chi connectivity index (χ3n) is 2.62. The zero-order chi connectivity index (χ0) is 16.2.